The van der Waals surface area contributed by atoms with Gasteiger partial charge in [0.15, 0.2) is 0 Å². The van der Waals surface area contributed by atoms with Crippen LogP contribution in [0.15, 0.2) is 35.3 Å². The van der Waals surface area contributed by atoms with Crippen LogP contribution in [0.4, 0.5) is 0 Å². The van der Waals surface area contributed by atoms with Crippen LogP contribution < -0.4 is 16.4 Å². The third-order valence-corrected chi connectivity index (χ3v) is 4.53. The number of unbranched alkanes of at least 4 members (excludes halogenated alkanes) is 3. The number of pyridine rings is 2. The van der Waals surface area contributed by atoms with Gasteiger partial charge in [0, 0.05) is 19.8 Å². The monoisotopic (exact) mass is 353 g/mol. The Bertz CT molecular complexity index is 1080. The standard InChI is InChI=1S/C19H23N5O2/c1-3-4-5-7-11-24-16(20)13(18(25)21-2)12-14-17(24)22-15-9-6-8-10-23(15)19(14)26/h6,8-10,12,20H,3-5,7,11H2,1-2H3,(H,21,25). The predicted octanol–water partition coefficient (Wildman–Crippen LogP) is 2.07. The van der Waals surface area contributed by atoms with Crippen LogP contribution in [0.2, 0.25) is 0 Å². The smallest absolute Gasteiger partial charge is 0.267 e. The van der Waals surface area contributed by atoms with E-state index in [-0.39, 0.29) is 22.5 Å². The number of hydrogen-bond donors (Lipinski definition) is 2. The second-order valence-corrected chi connectivity index (χ2v) is 6.28. The zero-order valence-electron chi connectivity index (χ0n) is 15.1. The third kappa shape index (κ3) is 3.12. The molecule has 0 radical (unpaired) electrons. The number of nitrogens with zero attached hydrogens (tertiary/aromatic N) is 3. The van der Waals surface area contributed by atoms with Gasteiger partial charge in [-0.2, -0.15) is 0 Å². The molecule has 1 amide bonds. The summed E-state index contributed by atoms with van der Waals surface area (Å²) < 4.78 is 3.14. The predicted molar refractivity (Wildman–Crippen MR) is 100 cm³/mol. The molecule has 7 heteroatoms. The Morgan fingerprint density at radius 1 is 1.27 bits per heavy atom. The first-order chi connectivity index (χ1) is 12.6. The SMILES string of the molecule is CCCCCCn1c(=N)c(C(=O)NC)cc2c(=O)n3ccccc3nc21. The van der Waals surface area contributed by atoms with Gasteiger partial charge in [0.2, 0.25) is 0 Å². The van der Waals surface area contributed by atoms with E-state index in [1.165, 1.54) is 17.5 Å². The molecule has 0 fully saturated rings. The molecule has 3 aromatic rings. The molecule has 3 heterocycles. The van der Waals surface area contributed by atoms with Crippen molar-refractivity contribution in [3.05, 3.63) is 51.9 Å². The zero-order valence-corrected chi connectivity index (χ0v) is 15.1. The highest BCUT2D eigenvalue weighted by atomic mass is 16.1. The Kier molecular flexibility index (Phi) is 5.16. The van der Waals surface area contributed by atoms with Gasteiger partial charge in [0.05, 0.1) is 10.9 Å². The van der Waals surface area contributed by atoms with Gasteiger partial charge in [-0.3, -0.25) is 19.4 Å². The maximum Gasteiger partial charge on any atom is 0.267 e. The summed E-state index contributed by atoms with van der Waals surface area (Å²) in [5.41, 5.74) is 1.01. The van der Waals surface area contributed by atoms with E-state index >= 15 is 0 Å². The Labute approximate surface area is 150 Å². The summed E-state index contributed by atoms with van der Waals surface area (Å²) in [4.78, 5) is 29.7. The molecule has 7 nitrogen and oxygen atoms in total. The Morgan fingerprint density at radius 3 is 2.81 bits per heavy atom. The summed E-state index contributed by atoms with van der Waals surface area (Å²) in [6, 6.07) is 6.82. The average molecular weight is 353 g/mol. The molecule has 0 saturated carbocycles. The summed E-state index contributed by atoms with van der Waals surface area (Å²) in [5.74, 6) is -0.378. The van der Waals surface area contributed by atoms with E-state index in [4.69, 9.17) is 5.41 Å². The lowest BCUT2D eigenvalue weighted by atomic mass is 10.1. The van der Waals surface area contributed by atoms with Crippen molar-refractivity contribution in [1.29, 1.82) is 5.41 Å². The van der Waals surface area contributed by atoms with Gasteiger partial charge >= 0.3 is 0 Å². The van der Waals surface area contributed by atoms with Crippen LogP contribution in [0.1, 0.15) is 43.0 Å². The number of rotatable bonds is 6. The van der Waals surface area contributed by atoms with Crippen LogP contribution >= 0.6 is 0 Å². The lowest BCUT2D eigenvalue weighted by molar-refractivity contribution is 0.0960. The number of amides is 1. The fourth-order valence-electron chi connectivity index (χ4n) is 3.11. The second kappa shape index (κ2) is 7.51. The van der Waals surface area contributed by atoms with Crippen molar-refractivity contribution in [2.24, 2.45) is 0 Å². The third-order valence-electron chi connectivity index (χ3n) is 4.53. The average Bonchev–Trinajstić information content (AvgIpc) is 2.66. The number of nitrogens with one attached hydrogen (secondary N) is 2. The van der Waals surface area contributed by atoms with Crippen LogP contribution in [-0.4, -0.2) is 26.9 Å². The first-order valence-corrected chi connectivity index (χ1v) is 8.90. The summed E-state index contributed by atoms with van der Waals surface area (Å²) in [5, 5.41) is 11.4. The molecule has 0 unspecified atom stereocenters. The lowest BCUT2D eigenvalue weighted by Gasteiger charge is -2.14. The van der Waals surface area contributed by atoms with Crippen molar-refractivity contribution in [2.75, 3.05) is 7.05 Å². The summed E-state index contributed by atoms with van der Waals surface area (Å²) in [7, 11) is 1.52. The molecule has 3 aromatic heterocycles. The fraction of sp³-hybridized carbons (Fsp3) is 0.368. The normalized spacial score (nSPS) is 11.2. The van der Waals surface area contributed by atoms with Crippen molar-refractivity contribution >= 4 is 22.6 Å². The zero-order chi connectivity index (χ0) is 18.7. The number of aryl methyl sites for hydroxylation is 1. The van der Waals surface area contributed by atoms with E-state index in [0.717, 1.165) is 25.7 Å². The Hall–Kier alpha value is -2.96. The van der Waals surface area contributed by atoms with Crippen molar-refractivity contribution < 1.29 is 4.79 Å². The van der Waals surface area contributed by atoms with Gasteiger partial charge in [-0.1, -0.05) is 32.3 Å². The first-order valence-electron chi connectivity index (χ1n) is 8.90. The van der Waals surface area contributed by atoms with E-state index < -0.39 is 0 Å². The minimum atomic E-state index is -0.378. The van der Waals surface area contributed by atoms with E-state index in [2.05, 4.69) is 17.2 Å². The van der Waals surface area contributed by atoms with Crippen molar-refractivity contribution in [3.63, 3.8) is 0 Å². The summed E-state index contributed by atoms with van der Waals surface area (Å²) in [6.07, 6.45) is 5.78. The maximum atomic E-state index is 12.9. The molecule has 26 heavy (non-hydrogen) atoms. The number of hydrogen-bond acceptors (Lipinski definition) is 4. The molecule has 3 rings (SSSR count). The van der Waals surface area contributed by atoms with E-state index in [0.29, 0.717) is 23.2 Å². The maximum absolute atomic E-state index is 12.9. The van der Waals surface area contributed by atoms with Crippen LogP contribution in [0.25, 0.3) is 16.7 Å². The molecule has 0 aliphatic heterocycles. The highest BCUT2D eigenvalue weighted by molar-refractivity contribution is 5.96. The minimum Gasteiger partial charge on any atom is -0.355 e. The molecule has 0 aromatic carbocycles. The molecule has 0 aliphatic rings. The van der Waals surface area contributed by atoms with Gasteiger partial charge < -0.3 is 9.88 Å². The highest BCUT2D eigenvalue weighted by Crippen LogP contribution is 2.12. The van der Waals surface area contributed by atoms with Gasteiger partial charge in [-0.15, -0.1) is 0 Å². The van der Waals surface area contributed by atoms with Crippen molar-refractivity contribution in [1.82, 2.24) is 19.3 Å². The van der Waals surface area contributed by atoms with Crippen LogP contribution in [0.5, 0.6) is 0 Å². The summed E-state index contributed by atoms with van der Waals surface area (Å²) >= 11 is 0. The van der Waals surface area contributed by atoms with Gasteiger partial charge in [0.25, 0.3) is 11.5 Å². The Balaban J connectivity index is 2.29. The van der Waals surface area contributed by atoms with Crippen LogP contribution in [-0.2, 0) is 6.54 Å². The molecule has 136 valence electrons. The van der Waals surface area contributed by atoms with Gasteiger partial charge in [-0.25, -0.2) is 4.98 Å². The number of carbonyl (C=O) groups excluding carboxylic acids is 1. The van der Waals surface area contributed by atoms with Crippen LogP contribution in [0.3, 0.4) is 0 Å². The topological polar surface area (TPSA) is 92.2 Å². The molecule has 0 saturated heterocycles. The molecule has 2 N–H and O–H groups in total. The molecular formula is C19H23N5O2. The van der Waals surface area contributed by atoms with Crippen molar-refractivity contribution in [3.8, 4) is 0 Å². The van der Waals surface area contributed by atoms with Gasteiger partial charge in [-0.05, 0) is 24.6 Å². The van der Waals surface area contributed by atoms with E-state index in [1.807, 2.05) is 6.07 Å². The van der Waals surface area contributed by atoms with Crippen molar-refractivity contribution in [2.45, 2.75) is 39.2 Å². The van der Waals surface area contributed by atoms with E-state index in [1.54, 1.807) is 22.9 Å². The minimum absolute atomic E-state index is 0.0838. The lowest BCUT2D eigenvalue weighted by Crippen LogP contribution is -2.33. The Morgan fingerprint density at radius 2 is 2.08 bits per heavy atom. The molecule has 0 atom stereocenters. The number of fused-ring (bicyclic) bond motifs is 2. The number of aromatic nitrogens is 3. The van der Waals surface area contributed by atoms with Gasteiger partial charge in [0.1, 0.15) is 16.8 Å². The molecule has 0 aliphatic carbocycles. The molecule has 0 bridgehead atoms. The molecule has 0 spiro atoms. The fourth-order valence-corrected chi connectivity index (χ4v) is 3.11. The largest absolute Gasteiger partial charge is 0.355 e. The first kappa shape index (κ1) is 17.8. The number of carbonyl (C=O) groups is 1. The second-order valence-electron chi connectivity index (χ2n) is 6.28. The quantitative estimate of drug-likeness (QED) is 0.525. The van der Waals surface area contributed by atoms with E-state index in [9.17, 15) is 9.59 Å². The van der Waals surface area contributed by atoms with Crippen LogP contribution in [0, 0.1) is 5.41 Å². The highest BCUT2D eigenvalue weighted by Gasteiger charge is 2.16. The molecular weight excluding hydrogens is 330 g/mol. The summed E-state index contributed by atoms with van der Waals surface area (Å²) in [6.45, 7) is 2.69.